The molecule has 2 bridgehead atoms. The van der Waals surface area contributed by atoms with E-state index in [-0.39, 0.29) is 18.4 Å². The minimum Gasteiger partial charge on any atom is -0.483 e. The topological polar surface area (TPSA) is 98.3 Å². The molecule has 3 N–H and O–H groups in total. The van der Waals surface area contributed by atoms with Gasteiger partial charge in [-0.1, -0.05) is 5.92 Å². The van der Waals surface area contributed by atoms with Crippen LogP contribution in [0.2, 0.25) is 0 Å². The van der Waals surface area contributed by atoms with Crippen LogP contribution in [-0.2, 0) is 4.79 Å². The number of amides is 1. The molecular weight excluding hydrogens is 320 g/mol. The van der Waals surface area contributed by atoms with Crippen LogP contribution in [-0.4, -0.2) is 58.3 Å². The van der Waals surface area contributed by atoms with Gasteiger partial charge in [-0.3, -0.25) is 14.7 Å². The fraction of sp³-hybridized carbons (Fsp3) is 0.389. The number of benzene rings is 1. The lowest BCUT2D eigenvalue weighted by Gasteiger charge is -2.44. The number of carbonyl (C=O) groups is 2. The summed E-state index contributed by atoms with van der Waals surface area (Å²) in [5, 5.41) is 17.9. The van der Waals surface area contributed by atoms with Gasteiger partial charge in [-0.25, -0.2) is 0 Å². The molecule has 1 aromatic carbocycles. The van der Waals surface area contributed by atoms with Crippen molar-refractivity contribution in [3.05, 3.63) is 29.5 Å². The van der Waals surface area contributed by atoms with Crippen LogP contribution < -0.4 is 5.32 Å². The third kappa shape index (κ3) is 3.49. The molecule has 0 aliphatic carbocycles. The Morgan fingerprint density at radius 3 is 2.76 bits per heavy atom. The van der Waals surface area contributed by atoms with Crippen LogP contribution in [0.25, 0.3) is 10.9 Å². The number of fused-ring (bicyclic) bond motifs is 4. The summed E-state index contributed by atoms with van der Waals surface area (Å²) in [6.07, 6.45) is 7.79. The third-order valence-electron chi connectivity index (χ3n) is 4.92. The van der Waals surface area contributed by atoms with Gasteiger partial charge < -0.3 is 15.3 Å². The number of H-pyrrole nitrogens is 1. The minimum atomic E-state index is -0.250. The largest absolute Gasteiger partial charge is 0.483 e. The predicted molar refractivity (Wildman–Crippen MR) is 93.1 cm³/mol. The van der Waals surface area contributed by atoms with Crippen LogP contribution in [0, 0.1) is 18.3 Å². The van der Waals surface area contributed by atoms with Crippen molar-refractivity contribution >= 4 is 23.3 Å². The van der Waals surface area contributed by atoms with Crippen molar-refractivity contribution in [3.63, 3.8) is 0 Å². The quantitative estimate of drug-likeness (QED) is 0.561. The van der Waals surface area contributed by atoms with Gasteiger partial charge in [-0.2, -0.15) is 5.10 Å². The van der Waals surface area contributed by atoms with Crippen LogP contribution in [0.15, 0.2) is 18.2 Å². The predicted octanol–water partition coefficient (Wildman–Crippen LogP) is 1.07. The molecule has 0 saturated carbocycles. The van der Waals surface area contributed by atoms with Gasteiger partial charge in [-0.15, -0.1) is 6.42 Å². The van der Waals surface area contributed by atoms with Gasteiger partial charge in [0.25, 0.3) is 12.4 Å². The molecule has 25 heavy (non-hydrogen) atoms. The standard InChI is InChI=1S/C17H18N4O.CH2O2/c1-2-11-3-4-14-13(9-11)16(20-19-14)17(22)18-15-10-21-7-5-12(15)6-8-21;2-1-3/h1,3-4,9,12,15H,5-8,10H2,(H,18,22)(H,19,20);1H,(H,2,3)/t15-;/m1./s1. The normalized spacial score (nSPS) is 24.0. The summed E-state index contributed by atoms with van der Waals surface area (Å²) < 4.78 is 0. The van der Waals surface area contributed by atoms with Crippen molar-refractivity contribution in [1.29, 1.82) is 0 Å². The van der Waals surface area contributed by atoms with E-state index in [0.717, 1.165) is 36.1 Å². The van der Waals surface area contributed by atoms with Crippen LogP contribution in [0.3, 0.4) is 0 Å². The first-order valence-corrected chi connectivity index (χ1v) is 8.22. The van der Waals surface area contributed by atoms with Gasteiger partial charge in [0.1, 0.15) is 0 Å². The Hall–Kier alpha value is -2.85. The summed E-state index contributed by atoms with van der Waals surface area (Å²) in [5.74, 6) is 3.08. The molecule has 3 aliphatic rings. The van der Waals surface area contributed by atoms with E-state index in [2.05, 4.69) is 26.3 Å². The van der Waals surface area contributed by atoms with Gasteiger partial charge in [0, 0.05) is 23.5 Å². The molecule has 3 aliphatic heterocycles. The number of aromatic nitrogens is 2. The highest BCUT2D eigenvalue weighted by Gasteiger charge is 2.35. The number of aromatic amines is 1. The maximum absolute atomic E-state index is 12.6. The maximum atomic E-state index is 12.6. The number of carboxylic acid groups (broad SMARTS) is 1. The Kier molecular flexibility index (Phi) is 5.00. The monoisotopic (exact) mass is 340 g/mol. The molecule has 5 rings (SSSR count). The van der Waals surface area contributed by atoms with Crippen molar-refractivity contribution in [1.82, 2.24) is 20.4 Å². The Labute approximate surface area is 145 Å². The fourth-order valence-electron chi connectivity index (χ4n) is 3.64. The summed E-state index contributed by atoms with van der Waals surface area (Å²) in [5.41, 5.74) is 2.02. The molecule has 3 fully saturated rings. The summed E-state index contributed by atoms with van der Waals surface area (Å²) in [6, 6.07) is 5.78. The molecule has 7 heteroatoms. The molecule has 2 aromatic rings. The average molecular weight is 340 g/mol. The number of hydrogen-bond acceptors (Lipinski definition) is 4. The van der Waals surface area contributed by atoms with Gasteiger partial charge in [-0.05, 0) is 50.0 Å². The van der Waals surface area contributed by atoms with Crippen molar-refractivity contribution in [3.8, 4) is 12.3 Å². The first kappa shape index (κ1) is 17.0. The highest BCUT2D eigenvalue weighted by Crippen LogP contribution is 2.28. The molecule has 1 amide bonds. The number of hydrogen-bond donors (Lipinski definition) is 3. The Morgan fingerprint density at radius 2 is 2.16 bits per heavy atom. The molecule has 4 heterocycles. The average Bonchev–Trinajstić information content (AvgIpc) is 3.06. The van der Waals surface area contributed by atoms with Gasteiger partial charge in [0.15, 0.2) is 5.69 Å². The van der Waals surface area contributed by atoms with Crippen molar-refractivity contribution in [2.75, 3.05) is 19.6 Å². The number of terminal acetylenes is 1. The van der Waals surface area contributed by atoms with E-state index < -0.39 is 0 Å². The lowest BCUT2D eigenvalue weighted by atomic mass is 9.84. The van der Waals surface area contributed by atoms with Crippen molar-refractivity contribution < 1.29 is 14.7 Å². The van der Waals surface area contributed by atoms with Gasteiger partial charge in [0.2, 0.25) is 0 Å². The molecule has 0 unspecified atom stereocenters. The van der Waals surface area contributed by atoms with Crippen LogP contribution in [0.4, 0.5) is 0 Å². The van der Waals surface area contributed by atoms with E-state index in [1.807, 2.05) is 18.2 Å². The fourth-order valence-corrected chi connectivity index (χ4v) is 3.64. The molecule has 0 spiro atoms. The molecule has 7 nitrogen and oxygen atoms in total. The Bertz CT molecular complexity index is 815. The second-order valence-corrected chi connectivity index (χ2v) is 6.30. The SMILES string of the molecule is C#Cc1ccc2[nH]nc(C(=O)N[C@@H]3CN4CCC3CC4)c2c1.O=CO. The van der Waals surface area contributed by atoms with E-state index in [0.29, 0.717) is 11.6 Å². The van der Waals surface area contributed by atoms with Crippen LogP contribution in [0.1, 0.15) is 28.9 Å². The van der Waals surface area contributed by atoms with Gasteiger partial charge in [0.05, 0.1) is 5.52 Å². The zero-order chi connectivity index (χ0) is 17.8. The number of nitrogens with zero attached hydrogens (tertiary/aromatic N) is 2. The number of rotatable bonds is 2. The summed E-state index contributed by atoms with van der Waals surface area (Å²) in [7, 11) is 0. The Morgan fingerprint density at radius 1 is 1.44 bits per heavy atom. The number of piperidine rings is 3. The van der Waals surface area contributed by atoms with Gasteiger partial charge >= 0.3 is 0 Å². The summed E-state index contributed by atoms with van der Waals surface area (Å²) in [4.78, 5) is 23.4. The first-order chi connectivity index (χ1) is 12.2. The highest BCUT2D eigenvalue weighted by molar-refractivity contribution is 6.05. The number of carbonyl (C=O) groups excluding carboxylic acids is 1. The van der Waals surface area contributed by atoms with Crippen molar-refractivity contribution in [2.24, 2.45) is 5.92 Å². The van der Waals surface area contributed by atoms with E-state index in [1.54, 1.807) is 0 Å². The van der Waals surface area contributed by atoms with E-state index in [9.17, 15) is 4.79 Å². The van der Waals surface area contributed by atoms with E-state index in [1.165, 1.54) is 12.8 Å². The molecule has 130 valence electrons. The lowest BCUT2D eigenvalue weighted by molar-refractivity contribution is -0.122. The third-order valence-corrected chi connectivity index (χ3v) is 4.92. The molecule has 1 atom stereocenters. The summed E-state index contributed by atoms with van der Waals surface area (Å²) in [6.45, 7) is 3.02. The molecule has 1 aromatic heterocycles. The van der Waals surface area contributed by atoms with Crippen molar-refractivity contribution in [2.45, 2.75) is 18.9 Å². The maximum Gasteiger partial charge on any atom is 0.290 e. The zero-order valence-electron chi connectivity index (χ0n) is 13.7. The molecule has 0 radical (unpaired) electrons. The lowest BCUT2D eigenvalue weighted by Crippen LogP contribution is -2.57. The second kappa shape index (κ2) is 7.36. The zero-order valence-corrected chi connectivity index (χ0v) is 13.7. The molecular formula is C18H20N4O3. The van der Waals surface area contributed by atoms with E-state index >= 15 is 0 Å². The Balaban J connectivity index is 0.000000569. The summed E-state index contributed by atoms with van der Waals surface area (Å²) >= 11 is 0. The number of nitrogens with one attached hydrogen (secondary N) is 2. The van der Waals surface area contributed by atoms with Crippen LogP contribution >= 0.6 is 0 Å². The highest BCUT2D eigenvalue weighted by atomic mass is 16.3. The molecule has 3 saturated heterocycles. The minimum absolute atomic E-state index is 0.112. The van der Waals surface area contributed by atoms with E-state index in [4.69, 9.17) is 16.3 Å². The smallest absolute Gasteiger partial charge is 0.290 e. The van der Waals surface area contributed by atoms with Crippen LogP contribution in [0.5, 0.6) is 0 Å². The first-order valence-electron chi connectivity index (χ1n) is 8.22. The second-order valence-electron chi connectivity index (χ2n) is 6.30.